The minimum absolute atomic E-state index is 0.0244. The van der Waals surface area contributed by atoms with Gasteiger partial charge in [0.2, 0.25) is 0 Å². The Morgan fingerprint density at radius 1 is 1.05 bits per heavy atom. The lowest BCUT2D eigenvalue weighted by Gasteiger charge is -2.28. The smallest absolute Gasteiger partial charge is 0.267 e. The maximum absolute atomic E-state index is 13.2. The summed E-state index contributed by atoms with van der Waals surface area (Å²) < 4.78 is 40.4. The third kappa shape index (κ3) is 1.92. The van der Waals surface area contributed by atoms with Crippen LogP contribution in [0.5, 0.6) is 0 Å². The summed E-state index contributed by atoms with van der Waals surface area (Å²) in [6.07, 6.45) is 0. The van der Waals surface area contributed by atoms with Crippen LogP contribution in [-0.4, -0.2) is 14.3 Å². The summed E-state index contributed by atoms with van der Waals surface area (Å²) in [5.74, 6) is -1.39. The molecule has 2 aromatic rings. The van der Waals surface area contributed by atoms with E-state index in [1.54, 1.807) is 18.2 Å². The van der Waals surface area contributed by atoms with Crippen molar-refractivity contribution in [2.24, 2.45) is 0 Å². The van der Waals surface area contributed by atoms with Gasteiger partial charge in [0.05, 0.1) is 16.9 Å². The second-order valence-corrected chi connectivity index (χ2v) is 5.72. The minimum atomic E-state index is -4.04. The summed E-state index contributed by atoms with van der Waals surface area (Å²) >= 11 is 0. The Morgan fingerprint density at radius 2 is 1.75 bits per heavy atom. The van der Waals surface area contributed by atoms with Crippen molar-refractivity contribution in [1.82, 2.24) is 0 Å². The molecule has 0 spiro atoms. The molecule has 0 aliphatic carbocycles. The van der Waals surface area contributed by atoms with Crippen LogP contribution < -0.4 is 9.03 Å². The summed E-state index contributed by atoms with van der Waals surface area (Å²) in [5.41, 5.74) is 0.243. The van der Waals surface area contributed by atoms with Crippen LogP contribution in [0.25, 0.3) is 0 Å². The van der Waals surface area contributed by atoms with Crippen molar-refractivity contribution in [3.63, 3.8) is 0 Å². The predicted octanol–water partition coefficient (Wildman–Crippen LogP) is 2.14. The van der Waals surface area contributed by atoms with Crippen molar-refractivity contribution in [3.05, 3.63) is 59.9 Å². The normalized spacial score (nSPS) is 16.4. The Hall–Kier alpha value is -2.41. The van der Waals surface area contributed by atoms with Crippen LogP contribution in [0.2, 0.25) is 0 Å². The number of amides is 1. The Balaban J connectivity index is 2.20. The van der Waals surface area contributed by atoms with Crippen molar-refractivity contribution >= 4 is 27.5 Å². The molecule has 2 aromatic carbocycles. The lowest BCUT2D eigenvalue weighted by molar-refractivity contribution is 0.100. The van der Waals surface area contributed by atoms with Crippen LogP contribution in [0.1, 0.15) is 10.4 Å². The molecule has 1 N–H and O–H groups in total. The van der Waals surface area contributed by atoms with E-state index < -0.39 is 21.9 Å². The molecule has 0 unspecified atom stereocenters. The van der Waals surface area contributed by atoms with E-state index in [0.717, 1.165) is 12.1 Å². The van der Waals surface area contributed by atoms with Gasteiger partial charge in [0, 0.05) is 0 Å². The highest BCUT2D eigenvalue weighted by Crippen LogP contribution is 2.30. The zero-order valence-corrected chi connectivity index (χ0v) is 10.9. The van der Waals surface area contributed by atoms with Crippen molar-refractivity contribution in [2.45, 2.75) is 0 Å². The van der Waals surface area contributed by atoms with E-state index in [9.17, 15) is 17.6 Å². The van der Waals surface area contributed by atoms with Gasteiger partial charge in [-0.1, -0.05) is 18.2 Å². The quantitative estimate of drug-likeness (QED) is 0.875. The Morgan fingerprint density at radius 3 is 2.45 bits per heavy atom. The number of rotatable bonds is 1. The van der Waals surface area contributed by atoms with Crippen molar-refractivity contribution in [1.29, 1.82) is 0 Å². The van der Waals surface area contributed by atoms with Gasteiger partial charge in [-0.15, -0.1) is 0 Å². The van der Waals surface area contributed by atoms with Gasteiger partial charge in [0.25, 0.3) is 5.91 Å². The number of carbonyl (C=O) groups is 1. The lowest BCUT2D eigenvalue weighted by atomic mass is 10.1. The van der Waals surface area contributed by atoms with Gasteiger partial charge < -0.3 is 0 Å². The number of benzene rings is 2. The maximum Gasteiger partial charge on any atom is 0.330 e. The van der Waals surface area contributed by atoms with Gasteiger partial charge in [-0.25, -0.2) is 4.39 Å². The summed E-state index contributed by atoms with van der Waals surface area (Å²) in [6.45, 7) is 0. The Bertz CT molecular complexity index is 791. The van der Waals surface area contributed by atoms with Gasteiger partial charge in [-0.3, -0.25) is 9.52 Å². The van der Waals surface area contributed by atoms with Crippen LogP contribution in [0, 0.1) is 5.82 Å². The highest BCUT2D eigenvalue weighted by atomic mass is 32.2. The number of nitrogens with zero attached hydrogens (tertiary/aromatic N) is 1. The third-order valence-electron chi connectivity index (χ3n) is 2.87. The highest BCUT2D eigenvalue weighted by molar-refractivity contribution is 7.95. The van der Waals surface area contributed by atoms with Crippen LogP contribution >= 0.6 is 0 Å². The number of hydrogen-bond donors (Lipinski definition) is 1. The SMILES string of the molecule is O=C1c2cc(F)ccc2NS(=O)(=O)N1c1ccccc1. The molecule has 0 radical (unpaired) electrons. The predicted molar refractivity (Wildman–Crippen MR) is 72.2 cm³/mol. The first-order chi connectivity index (χ1) is 9.49. The van der Waals surface area contributed by atoms with Crippen LogP contribution in [-0.2, 0) is 10.2 Å². The van der Waals surface area contributed by atoms with Crippen molar-refractivity contribution < 1.29 is 17.6 Å². The van der Waals surface area contributed by atoms with Crippen molar-refractivity contribution in [3.8, 4) is 0 Å². The fourth-order valence-electron chi connectivity index (χ4n) is 2.00. The number of carbonyl (C=O) groups excluding carboxylic acids is 1. The molecule has 0 saturated carbocycles. The third-order valence-corrected chi connectivity index (χ3v) is 4.20. The molecule has 0 bridgehead atoms. The fourth-order valence-corrected chi connectivity index (χ4v) is 3.27. The number of halogens is 1. The van der Waals surface area contributed by atoms with E-state index in [-0.39, 0.29) is 16.9 Å². The fraction of sp³-hybridized carbons (Fsp3) is 0. The molecule has 102 valence electrons. The van der Waals surface area contributed by atoms with E-state index in [0.29, 0.717) is 4.31 Å². The Labute approximate surface area is 114 Å². The second kappa shape index (κ2) is 4.31. The van der Waals surface area contributed by atoms with Gasteiger partial charge in [0.15, 0.2) is 0 Å². The zero-order valence-electron chi connectivity index (χ0n) is 10.1. The Kier molecular flexibility index (Phi) is 2.72. The van der Waals surface area contributed by atoms with Crippen molar-refractivity contribution in [2.75, 3.05) is 9.03 Å². The van der Waals surface area contributed by atoms with E-state index in [2.05, 4.69) is 4.72 Å². The maximum atomic E-state index is 13.2. The largest absolute Gasteiger partial charge is 0.330 e. The number of nitrogens with one attached hydrogen (secondary N) is 1. The molecule has 0 saturated heterocycles. The van der Waals surface area contributed by atoms with E-state index in [1.807, 2.05) is 0 Å². The van der Waals surface area contributed by atoms with Crippen LogP contribution in [0.4, 0.5) is 15.8 Å². The minimum Gasteiger partial charge on any atom is -0.267 e. The molecular formula is C13H9FN2O3S. The van der Waals surface area contributed by atoms with Gasteiger partial charge >= 0.3 is 10.2 Å². The molecule has 20 heavy (non-hydrogen) atoms. The molecule has 0 fully saturated rings. The number of para-hydroxylation sites is 1. The molecule has 7 heteroatoms. The van der Waals surface area contributed by atoms with Gasteiger partial charge in [-0.2, -0.15) is 12.7 Å². The van der Waals surface area contributed by atoms with Gasteiger partial charge in [-0.05, 0) is 30.3 Å². The average molecular weight is 292 g/mol. The number of fused-ring (bicyclic) bond motifs is 1. The molecule has 1 heterocycles. The van der Waals surface area contributed by atoms with E-state index in [1.165, 1.54) is 18.2 Å². The van der Waals surface area contributed by atoms with E-state index >= 15 is 0 Å². The molecule has 0 atom stereocenters. The van der Waals surface area contributed by atoms with E-state index in [4.69, 9.17) is 0 Å². The second-order valence-electron chi connectivity index (χ2n) is 4.20. The van der Waals surface area contributed by atoms with Crippen LogP contribution in [0.15, 0.2) is 48.5 Å². The highest BCUT2D eigenvalue weighted by Gasteiger charge is 2.36. The molecule has 1 aliphatic rings. The summed E-state index contributed by atoms with van der Waals surface area (Å²) in [4.78, 5) is 12.3. The molecule has 1 aliphatic heterocycles. The summed E-state index contributed by atoms with van der Waals surface area (Å²) in [5, 5.41) is 0. The lowest BCUT2D eigenvalue weighted by Crippen LogP contribution is -2.45. The first-order valence-corrected chi connectivity index (χ1v) is 7.15. The number of anilines is 2. The summed E-state index contributed by atoms with van der Waals surface area (Å²) in [6, 6.07) is 11.2. The standard InChI is InChI=1S/C13H9FN2O3S/c14-9-6-7-12-11(8-9)13(17)16(20(18,19)15-12)10-4-2-1-3-5-10/h1-8,15H. The first kappa shape index (κ1) is 12.6. The molecular weight excluding hydrogens is 283 g/mol. The monoisotopic (exact) mass is 292 g/mol. The molecule has 0 aromatic heterocycles. The molecule has 1 amide bonds. The van der Waals surface area contributed by atoms with Gasteiger partial charge in [0.1, 0.15) is 5.82 Å². The average Bonchev–Trinajstić information content (AvgIpc) is 2.40. The van der Waals surface area contributed by atoms with Crippen LogP contribution in [0.3, 0.4) is 0 Å². The topological polar surface area (TPSA) is 66.5 Å². The first-order valence-electron chi connectivity index (χ1n) is 5.71. The molecule has 3 rings (SSSR count). The summed E-state index contributed by atoms with van der Waals surface area (Å²) in [7, 11) is -4.04. The molecule has 5 nitrogen and oxygen atoms in total. The zero-order chi connectivity index (χ0) is 14.3. The number of hydrogen-bond acceptors (Lipinski definition) is 3.